The molecule has 0 aliphatic carbocycles. The van der Waals surface area contributed by atoms with Crippen LogP contribution in [0.4, 0.5) is 0 Å². The number of hydrogen-bond donors (Lipinski definition) is 1. The lowest BCUT2D eigenvalue weighted by atomic mass is 9.82. The van der Waals surface area contributed by atoms with Crippen LogP contribution >= 0.6 is 0 Å². The van der Waals surface area contributed by atoms with Gasteiger partial charge in [-0.15, -0.1) is 0 Å². The second kappa shape index (κ2) is 7.08. The molecule has 0 amide bonds. The molecule has 3 heteroatoms. The first-order valence-corrected chi connectivity index (χ1v) is 8.15. The Bertz CT molecular complexity index is 460. The van der Waals surface area contributed by atoms with Crippen LogP contribution in [0.3, 0.4) is 0 Å². The Morgan fingerprint density at radius 3 is 2.57 bits per heavy atom. The summed E-state index contributed by atoms with van der Waals surface area (Å²) in [6, 6.07) is 10.9. The highest BCUT2D eigenvalue weighted by molar-refractivity contribution is 5.75. The van der Waals surface area contributed by atoms with Crippen molar-refractivity contribution >= 4 is 5.97 Å². The third kappa shape index (κ3) is 3.46. The fraction of sp³-hybridized carbons (Fsp3) is 0.611. The van der Waals surface area contributed by atoms with Gasteiger partial charge in [-0.1, -0.05) is 57.0 Å². The van der Waals surface area contributed by atoms with Crippen LogP contribution in [0.25, 0.3) is 0 Å². The Morgan fingerprint density at radius 1 is 1.29 bits per heavy atom. The minimum atomic E-state index is -0.616. The van der Waals surface area contributed by atoms with Gasteiger partial charge < -0.3 is 5.11 Å². The maximum Gasteiger partial charge on any atom is 0.310 e. The van der Waals surface area contributed by atoms with Crippen molar-refractivity contribution in [2.24, 2.45) is 5.41 Å². The molecule has 2 rings (SSSR count). The Hall–Kier alpha value is -1.35. The summed E-state index contributed by atoms with van der Waals surface area (Å²) in [6.45, 7) is 5.86. The maximum absolute atomic E-state index is 11.7. The lowest BCUT2D eigenvalue weighted by Gasteiger charge is -2.30. The average Bonchev–Trinajstić information content (AvgIpc) is 2.91. The molecule has 3 nitrogen and oxygen atoms in total. The third-order valence-electron chi connectivity index (χ3n) is 4.75. The van der Waals surface area contributed by atoms with Crippen LogP contribution in [0.2, 0.25) is 0 Å². The fourth-order valence-electron chi connectivity index (χ4n) is 3.64. The molecule has 1 aromatic rings. The standard InChI is InChI=1S/C18H27NO2/c1-3-8-16(15-9-6-5-7-10-15)19-13-12-18(14-19,11-4-2)17(20)21/h5-7,9-10,16H,3-4,8,11-14H2,1-2H3,(H,20,21). The molecule has 1 N–H and O–H groups in total. The fourth-order valence-corrected chi connectivity index (χ4v) is 3.64. The van der Waals surface area contributed by atoms with Crippen molar-refractivity contribution in [1.29, 1.82) is 0 Å². The van der Waals surface area contributed by atoms with Crippen LogP contribution in [0.5, 0.6) is 0 Å². The van der Waals surface area contributed by atoms with Gasteiger partial charge in [-0.2, -0.15) is 0 Å². The highest BCUT2D eigenvalue weighted by atomic mass is 16.4. The normalized spacial score (nSPS) is 24.1. The molecule has 21 heavy (non-hydrogen) atoms. The zero-order valence-electron chi connectivity index (χ0n) is 13.2. The number of carboxylic acid groups (broad SMARTS) is 1. The Kier molecular flexibility index (Phi) is 5.40. The Labute approximate surface area is 128 Å². The van der Waals surface area contributed by atoms with Crippen LogP contribution in [0, 0.1) is 5.41 Å². The molecule has 1 fully saturated rings. The van der Waals surface area contributed by atoms with E-state index in [1.54, 1.807) is 0 Å². The van der Waals surface area contributed by atoms with E-state index in [1.807, 2.05) is 6.07 Å². The maximum atomic E-state index is 11.7. The number of carbonyl (C=O) groups is 1. The topological polar surface area (TPSA) is 40.5 Å². The molecule has 2 unspecified atom stereocenters. The Balaban J connectivity index is 2.18. The highest BCUT2D eigenvalue weighted by Crippen LogP contribution is 2.40. The number of nitrogens with zero attached hydrogens (tertiary/aromatic N) is 1. The monoisotopic (exact) mass is 289 g/mol. The molecular weight excluding hydrogens is 262 g/mol. The summed E-state index contributed by atoms with van der Waals surface area (Å²) in [4.78, 5) is 14.1. The lowest BCUT2D eigenvalue weighted by Crippen LogP contribution is -2.36. The first-order valence-electron chi connectivity index (χ1n) is 8.15. The van der Waals surface area contributed by atoms with Crippen molar-refractivity contribution in [3.63, 3.8) is 0 Å². The van der Waals surface area contributed by atoms with E-state index in [1.165, 1.54) is 5.56 Å². The number of likely N-dealkylation sites (tertiary alicyclic amines) is 1. The van der Waals surface area contributed by atoms with E-state index >= 15 is 0 Å². The van der Waals surface area contributed by atoms with Gasteiger partial charge in [0.15, 0.2) is 0 Å². The first kappa shape index (κ1) is 16.0. The van der Waals surface area contributed by atoms with Crippen LogP contribution in [-0.2, 0) is 4.79 Å². The first-order chi connectivity index (χ1) is 10.1. The molecule has 0 saturated carbocycles. The molecule has 1 heterocycles. The molecule has 1 aromatic carbocycles. The highest BCUT2D eigenvalue weighted by Gasteiger charge is 2.45. The van der Waals surface area contributed by atoms with Crippen molar-refractivity contribution in [3.8, 4) is 0 Å². The van der Waals surface area contributed by atoms with Crippen molar-refractivity contribution in [3.05, 3.63) is 35.9 Å². The summed E-state index contributed by atoms with van der Waals surface area (Å²) in [5, 5.41) is 9.67. The minimum absolute atomic E-state index is 0.356. The van der Waals surface area contributed by atoms with Gasteiger partial charge in [-0.25, -0.2) is 0 Å². The van der Waals surface area contributed by atoms with E-state index in [9.17, 15) is 9.90 Å². The van der Waals surface area contributed by atoms with E-state index < -0.39 is 11.4 Å². The molecule has 116 valence electrons. The molecule has 1 saturated heterocycles. The number of hydrogen-bond acceptors (Lipinski definition) is 2. The van der Waals surface area contributed by atoms with Crippen LogP contribution in [0.1, 0.15) is 57.6 Å². The van der Waals surface area contributed by atoms with Gasteiger partial charge in [0, 0.05) is 12.6 Å². The predicted octanol–water partition coefficient (Wildman–Crippen LogP) is 4.10. The summed E-state index contributed by atoms with van der Waals surface area (Å²) in [5.74, 6) is -0.616. The quantitative estimate of drug-likeness (QED) is 0.821. The zero-order chi connectivity index (χ0) is 15.3. The van der Waals surface area contributed by atoms with Crippen molar-refractivity contribution in [2.75, 3.05) is 13.1 Å². The van der Waals surface area contributed by atoms with Crippen molar-refractivity contribution < 1.29 is 9.90 Å². The molecule has 2 atom stereocenters. The van der Waals surface area contributed by atoms with Crippen molar-refractivity contribution in [2.45, 2.75) is 52.0 Å². The van der Waals surface area contributed by atoms with Gasteiger partial charge in [-0.05, 0) is 31.4 Å². The van der Waals surface area contributed by atoms with Crippen LogP contribution in [0.15, 0.2) is 30.3 Å². The lowest BCUT2D eigenvalue weighted by molar-refractivity contribution is -0.148. The molecule has 0 spiro atoms. The summed E-state index contributed by atoms with van der Waals surface area (Å²) in [6.07, 6.45) is 4.70. The van der Waals surface area contributed by atoms with Crippen LogP contribution in [-0.4, -0.2) is 29.1 Å². The predicted molar refractivity (Wildman–Crippen MR) is 85.3 cm³/mol. The summed E-state index contributed by atoms with van der Waals surface area (Å²) < 4.78 is 0. The molecule has 0 aromatic heterocycles. The van der Waals surface area contributed by atoms with Crippen molar-refractivity contribution in [1.82, 2.24) is 4.90 Å². The van der Waals surface area contributed by atoms with Gasteiger partial charge in [0.2, 0.25) is 0 Å². The second-order valence-corrected chi connectivity index (χ2v) is 6.27. The molecule has 0 radical (unpaired) electrons. The zero-order valence-corrected chi connectivity index (χ0v) is 13.2. The molecule has 0 bridgehead atoms. The summed E-state index contributed by atoms with van der Waals surface area (Å²) in [5.41, 5.74) is 0.784. The number of rotatable bonds is 7. The average molecular weight is 289 g/mol. The summed E-state index contributed by atoms with van der Waals surface area (Å²) >= 11 is 0. The largest absolute Gasteiger partial charge is 0.481 e. The minimum Gasteiger partial charge on any atom is -0.481 e. The van der Waals surface area contributed by atoms with E-state index in [-0.39, 0.29) is 0 Å². The second-order valence-electron chi connectivity index (χ2n) is 6.27. The molecule has 1 aliphatic rings. The van der Waals surface area contributed by atoms with Gasteiger partial charge in [0.25, 0.3) is 0 Å². The van der Waals surface area contributed by atoms with Gasteiger partial charge in [-0.3, -0.25) is 9.69 Å². The van der Waals surface area contributed by atoms with E-state index in [0.717, 1.165) is 38.6 Å². The van der Waals surface area contributed by atoms with Gasteiger partial charge >= 0.3 is 5.97 Å². The molecule has 1 aliphatic heterocycles. The van der Waals surface area contributed by atoms with Gasteiger partial charge in [0.1, 0.15) is 0 Å². The SMILES string of the molecule is CCCC(c1ccccc1)N1CCC(CCC)(C(=O)O)C1. The molecular formula is C18H27NO2. The third-order valence-corrected chi connectivity index (χ3v) is 4.75. The number of benzene rings is 1. The van der Waals surface area contributed by atoms with Gasteiger partial charge in [0.05, 0.1) is 5.41 Å². The number of aliphatic carboxylic acids is 1. The van der Waals surface area contributed by atoms with E-state index in [2.05, 4.69) is 43.0 Å². The Morgan fingerprint density at radius 2 is 2.00 bits per heavy atom. The van der Waals surface area contributed by atoms with Crippen LogP contribution < -0.4 is 0 Å². The van der Waals surface area contributed by atoms with E-state index in [4.69, 9.17) is 0 Å². The van der Waals surface area contributed by atoms with E-state index in [0.29, 0.717) is 12.6 Å². The smallest absolute Gasteiger partial charge is 0.310 e. The summed E-state index contributed by atoms with van der Waals surface area (Å²) in [7, 11) is 0. The number of carboxylic acids is 1.